The second kappa shape index (κ2) is 7.40. The molecule has 1 unspecified atom stereocenters. The van der Waals surface area contributed by atoms with Gasteiger partial charge in [0.05, 0.1) is 29.3 Å². The van der Waals surface area contributed by atoms with Crippen LogP contribution in [0.2, 0.25) is 0 Å². The number of pyridine rings is 1. The van der Waals surface area contributed by atoms with Crippen LogP contribution in [0.1, 0.15) is 13.8 Å². The SMILES string of the molecule is CCOc1ccccc1NC(=O)C(C)Sc1ncc2ccccn12. The van der Waals surface area contributed by atoms with Gasteiger partial charge in [-0.25, -0.2) is 4.98 Å². The number of nitrogens with one attached hydrogen (secondary N) is 1. The van der Waals surface area contributed by atoms with Gasteiger partial charge in [-0.1, -0.05) is 30.0 Å². The summed E-state index contributed by atoms with van der Waals surface area (Å²) in [6.07, 6.45) is 3.75. The number of carbonyl (C=O) groups excluding carboxylic acids is 1. The van der Waals surface area contributed by atoms with E-state index in [2.05, 4.69) is 10.3 Å². The molecule has 124 valence electrons. The standard InChI is InChI=1S/C18H19N3O2S/c1-3-23-16-10-5-4-9-15(16)20-17(22)13(2)24-18-19-12-14-8-6-7-11-21(14)18/h4-13H,3H2,1-2H3,(H,20,22). The summed E-state index contributed by atoms with van der Waals surface area (Å²) in [5.74, 6) is 0.594. The van der Waals surface area contributed by atoms with Crippen molar-refractivity contribution < 1.29 is 9.53 Å². The van der Waals surface area contributed by atoms with Crippen LogP contribution in [-0.4, -0.2) is 27.1 Å². The predicted molar refractivity (Wildman–Crippen MR) is 96.8 cm³/mol. The van der Waals surface area contributed by atoms with Crippen molar-refractivity contribution in [2.24, 2.45) is 0 Å². The van der Waals surface area contributed by atoms with Gasteiger partial charge in [0.2, 0.25) is 5.91 Å². The van der Waals surface area contributed by atoms with Crippen LogP contribution in [0.25, 0.3) is 5.52 Å². The number of hydrogen-bond donors (Lipinski definition) is 1. The Morgan fingerprint density at radius 2 is 2.08 bits per heavy atom. The van der Waals surface area contributed by atoms with Crippen LogP contribution in [0.15, 0.2) is 60.0 Å². The molecule has 0 saturated carbocycles. The lowest BCUT2D eigenvalue weighted by atomic mass is 10.3. The lowest BCUT2D eigenvalue weighted by Gasteiger charge is -2.14. The maximum atomic E-state index is 12.5. The summed E-state index contributed by atoms with van der Waals surface area (Å²) in [5, 5.41) is 3.44. The van der Waals surface area contributed by atoms with E-state index in [1.54, 1.807) is 6.20 Å². The Labute approximate surface area is 145 Å². The molecule has 0 aliphatic carbocycles. The zero-order valence-corrected chi connectivity index (χ0v) is 14.4. The van der Waals surface area contributed by atoms with Crippen molar-refractivity contribution in [2.75, 3.05) is 11.9 Å². The molecule has 0 radical (unpaired) electrons. The molecule has 0 fully saturated rings. The zero-order valence-electron chi connectivity index (χ0n) is 13.6. The van der Waals surface area contributed by atoms with E-state index in [1.165, 1.54) is 11.8 Å². The molecule has 0 aliphatic heterocycles. The quantitative estimate of drug-likeness (QED) is 0.692. The number of carbonyl (C=O) groups is 1. The van der Waals surface area contributed by atoms with Crippen LogP contribution in [-0.2, 0) is 4.79 Å². The Morgan fingerprint density at radius 3 is 2.92 bits per heavy atom. The maximum Gasteiger partial charge on any atom is 0.237 e. The van der Waals surface area contributed by atoms with E-state index in [1.807, 2.05) is 66.9 Å². The topological polar surface area (TPSA) is 55.6 Å². The van der Waals surface area contributed by atoms with Crippen LogP contribution >= 0.6 is 11.8 Å². The number of nitrogens with zero attached hydrogens (tertiary/aromatic N) is 2. The van der Waals surface area contributed by atoms with Gasteiger partial charge in [0.15, 0.2) is 5.16 Å². The first kappa shape index (κ1) is 16.4. The number of hydrogen-bond acceptors (Lipinski definition) is 4. The van der Waals surface area contributed by atoms with Gasteiger partial charge in [0.25, 0.3) is 0 Å². The van der Waals surface area contributed by atoms with Crippen LogP contribution in [0.5, 0.6) is 5.75 Å². The molecule has 24 heavy (non-hydrogen) atoms. The molecule has 0 saturated heterocycles. The Balaban J connectivity index is 1.71. The van der Waals surface area contributed by atoms with Crippen molar-refractivity contribution in [3.8, 4) is 5.75 Å². The molecule has 0 aliphatic rings. The molecule has 1 N–H and O–H groups in total. The highest BCUT2D eigenvalue weighted by atomic mass is 32.2. The minimum absolute atomic E-state index is 0.0835. The van der Waals surface area contributed by atoms with E-state index >= 15 is 0 Å². The molecular weight excluding hydrogens is 322 g/mol. The maximum absolute atomic E-state index is 12.5. The lowest BCUT2D eigenvalue weighted by Crippen LogP contribution is -2.23. The number of para-hydroxylation sites is 2. The molecule has 3 rings (SSSR count). The highest BCUT2D eigenvalue weighted by Crippen LogP contribution is 2.27. The number of fused-ring (bicyclic) bond motifs is 1. The number of imidazole rings is 1. The zero-order chi connectivity index (χ0) is 16.9. The second-order valence-corrected chi connectivity index (χ2v) is 6.52. The number of amides is 1. The first-order chi connectivity index (χ1) is 11.7. The van der Waals surface area contributed by atoms with Crippen LogP contribution < -0.4 is 10.1 Å². The highest BCUT2D eigenvalue weighted by molar-refractivity contribution is 8.00. The average Bonchev–Trinajstić information content (AvgIpc) is 3.00. The van der Waals surface area contributed by atoms with E-state index < -0.39 is 0 Å². The fourth-order valence-corrected chi connectivity index (χ4v) is 3.18. The fourth-order valence-electron chi connectivity index (χ4n) is 2.30. The second-order valence-electron chi connectivity index (χ2n) is 5.21. The summed E-state index contributed by atoms with van der Waals surface area (Å²) >= 11 is 1.43. The summed E-state index contributed by atoms with van der Waals surface area (Å²) in [5.41, 5.74) is 1.69. The van der Waals surface area contributed by atoms with Crippen molar-refractivity contribution in [3.05, 3.63) is 54.9 Å². The summed E-state index contributed by atoms with van der Waals surface area (Å²) in [6, 6.07) is 13.3. The Hall–Kier alpha value is -2.47. The van der Waals surface area contributed by atoms with Gasteiger partial charge in [-0.15, -0.1) is 0 Å². The molecule has 0 bridgehead atoms. The molecule has 2 heterocycles. The summed E-state index contributed by atoms with van der Waals surface area (Å²) in [6.45, 7) is 4.34. The number of thioether (sulfide) groups is 1. The summed E-state index contributed by atoms with van der Waals surface area (Å²) in [4.78, 5) is 16.9. The molecule has 1 amide bonds. The summed E-state index contributed by atoms with van der Waals surface area (Å²) < 4.78 is 7.52. The molecule has 1 atom stereocenters. The number of benzene rings is 1. The van der Waals surface area contributed by atoms with Gasteiger partial charge in [0, 0.05) is 6.20 Å². The lowest BCUT2D eigenvalue weighted by molar-refractivity contribution is -0.115. The smallest absolute Gasteiger partial charge is 0.237 e. The predicted octanol–water partition coefficient (Wildman–Crippen LogP) is 3.85. The molecule has 0 spiro atoms. The van der Waals surface area contributed by atoms with Gasteiger partial charge in [-0.2, -0.15) is 0 Å². The van der Waals surface area contributed by atoms with Crippen LogP contribution in [0.3, 0.4) is 0 Å². The molecule has 6 heteroatoms. The van der Waals surface area contributed by atoms with E-state index in [4.69, 9.17) is 4.74 Å². The monoisotopic (exact) mass is 341 g/mol. The van der Waals surface area contributed by atoms with E-state index in [0.717, 1.165) is 10.7 Å². The molecule has 3 aromatic rings. The van der Waals surface area contributed by atoms with Gasteiger partial charge < -0.3 is 10.1 Å². The third kappa shape index (κ3) is 3.54. The van der Waals surface area contributed by atoms with Gasteiger partial charge >= 0.3 is 0 Å². The van der Waals surface area contributed by atoms with Gasteiger partial charge in [-0.05, 0) is 38.1 Å². The largest absolute Gasteiger partial charge is 0.492 e. The first-order valence-corrected chi connectivity index (χ1v) is 8.68. The fraction of sp³-hybridized carbons (Fsp3) is 0.222. The number of rotatable bonds is 6. The number of aromatic nitrogens is 2. The van der Waals surface area contributed by atoms with Crippen LogP contribution in [0.4, 0.5) is 5.69 Å². The van der Waals surface area contributed by atoms with Gasteiger partial charge in [0.1, 0.15) is 5.75 Å². The minimum Gasteiger partial charge on any atom is -0.492 e. The van der Waals surface area contributed by atoms with Crippen molar-refractivity contribution in [1.29, 1.82) is 0 Å². The van der Waals surface area contributed by atoms with Crippen molar-refractivity contribution in [3.63, 3.8) is 0 Å². The van der Waals surface area contributed by atoms with Crippen molar-refractivity contribution in [1.82, 2.24) is 9.38 Å². The third-order valence-corrected chi connectivity index (χ3v) is 4.58. The first-order valence-electron chi connectivity index (χ1n) is 7.80. The highest BCUT2D eigenvalue weighted by Gasteiger charge is 2.18. The third-order valence-electron chi connectivity index (χ3n) is 3.50. The van der Waals surface area contributed by atoms with E-state index in [0.29, 0.717) is 18.0 Å². The normalized spacial score (nSPS) is 12.1. The average molecular weight is 341 g/mol. The number of ether oxygens (including phenoxy) is 1. The van der Waals surface area contributed by atoms with Crippen molar-refractivity contribution in [2.45, 2.75) is 24.3 Å². The van der Waals surface area contributed by atoms with Crippen LogP contribution in [0, 0.1) is 0 Å². The molecular formula is C18H19N3O2S. The summed E-state index contributed by atoms with van der Waals surface area (Å²) in [7, 11) is 0. The number of anilines is 1. The van der Waals surface area contributed by atoms with E-state index in [-0.39, 0.29) is 11.2 Å². The minimum atomic E-state index is -0.287. The Morgan fingerprint density at radius 1 is 1.29 bits per heavy atom. The van der Waals surface area contributed by atoms with Crippen molar-refractivity contribution >= 4 is 28.9 Å². The van der Waals surface area contributed by atoms with Gasteiger partial charge in [-0.3, -0.25) is 9.20 Å². The van der Waals surface area contributed by atoms with E-state index in [9.17, 15) is 4.79 Å². The Bertz CT molecular complexity index is 847. The molecule has 2 aromatic heterocycles. The molecule has 1 aromatic carbocycles. The molecule has 5 nitrogen and oxygen atoms in total. The Kier molecular flexibility index (Phi) is 5.05.